The first-order chi connectivity index (χ1) is 32.0. The molecule has 11 rings (SSSR count). The van der Waals surface area contributed by atoms with E-state index in [-0.39, 0.29) is 0 Å². The molecule has 15 nitrogen and oxygen atoms in total. The number of rotatable bonds is 9. The zero-order valence-electron chi connectivity index (χ0n) is 36.0. The summed E-state index contributed by atoms with van der Waals surface area (Å²) >= 11 is 0. The molecule has 0 bridgehead atoms. The van der Waals surface area contributed by atoms with Crippen molar-refractivity contribution in [1.82, 2.24) is 49.7 Å². The van der Waals surface area contributed by atoms with Gasteiger partial charge in [-0.25, -0.2) is 9.97 Å². The third kappa shape index (κ3) is 9.08. The molecular weight excluding hydrogens is 853 g/mol. The summed E-state index contributed by atoms with van der Waals surface area (Å²) in [5, 5.41) is 33.0. The Hall–Kier alpha value is -6.94. The summed E-state index contributed by atoms with van der Waals surface area (Å²) in [4.78, 5) is 19.7. The maximum Gasteiger partial charge on any atom is 0.236 e. The summed E-state index contributed by atoms with van der Waals surface area (Å²) < 4.78 is 15.5. The van der Waals surface area contributed by atoms with E-state index < -0.39 is 0 Å². The molecule has 9 aromatic rings. The minimum absolute atomic E-state index is 0.511. The number of anilines is 2. The van der Waals surface area contributed by atoms with Crippen LogP contribution in [-0.4, -0.2) is 62.9 Å². The van der Waals surface area contributed by atoms with Crippen LogP contribution in [0.4, 0.5) is 11.6 Å². The van der Waals surface area contributed by atoms with Crippen molar-refractivity contribution in [3.63, 3.8) is 0 Å². The van der Waals surface area contributed by atoms with E-state index in [1.807, 2.05) is 84.3 Å². The minimum atomic E-state index is 0.511. The van der Waals surface area contributed by atoms with Gasteiger partial charge in [0.15, 0.2) is 0 Å². The standard InChI is InChI=1S/C24H22N8O.C24H21N5O.H4P2/c1-15-12-18-17(23-28-30-31-29-23)8-5-9-21(18)32(15)24-26-20-10-11-33-14-19(20)22(27-24)25-13-16-6-3-2-4-7-16;1-16-12-19-18(13-25)8-5-9-22(19)29(16)24-27-21-10-11-30-15-20(21)23(28-24)26-14-17-6-3-2-4-7-17;1-2/h2-9,12H,10-11,13-14H2,1H3,(H,25,26,27)(H,28,29,30,31);2-9,12H,10-11,14-15H2,1H3,(H,26,27,28);1-2H2. The topological polar surface area (TPSA) is 182 Å². The Morgan fingerprint density at radius 2 is 1.18 bits per heavy atom. The highest BCUT2D eigenvalue weighted by Gasteiger charge is 2.23. The van der Waals surface area contributed by atoms with Crippen LogP contribution in [0.3, 0.4) is 0 Å². The van der Waals surface area contributed by atoms with E-state index >= 15 is 0 Å². The summed E-state index contributed by atoms with van der Waals surface area (Å²) in [6.45, 7) is 7.77. The van der Waals surface area contributed by atoms with Gasteiger partial charge in [0, 0.05) is 64.8 Å². The van der Waals surface area contributed by atoms with E-state index in [1.165, 1.54) is 11.1 Å². The van der Waals surface area contributed by atoms with Gasteiger partial charge in [-0.15, -0.1) is 28.1 Å². The molecule has 3 N–H and O–H groups in total. The predicted octanol–water partition coefficient (Wildman–Crippen LogP) is 8.53. The third-order valence-corrected chi connectivity index (χ3v) is 11.4. The Morgan fingerprint density at radius 3 is 1.71 bits per heavy atom. The zero-order valence-corrected chi connectivity index (χ0v) is 38.3. The van der Waals surface area contributed by atoms with Crippen LogP contribution >= 0.6 is 17.9 Å². The lowest BCUT2D eigenvalue weighted by atomic mass is 10.1. The number of hydrogen-bond acceptors (Lipinski definition) is 12. The van der Waals surface area contributed by atoms with Crippen LogP contribution in [0.1, 0.15) is 50.6 Å². The Kier molecular flexibility index (Phi) is 13.2. The first-order valence-corrected chi connectivity index (χ1v) is 23.9. The van der Waals surface area contributed by atoms with Crippen molar-refractivity contribution >= 4 is 51.3 Å². The summed E-state index contributed by atoms with van der Waals surface area (Å²) in [7, 11) is 4.67. The fourth-order valence-electron chi connectivity index (χ4n) is 8.32. The van der Waals surface area contributed by atoms with Crippen LogP contribution in [-0.2, 0) is 48.6 Å². The van der Waals surface area contributed by atoms with Gasteiger partial charge in [-0.3, -0.25) is 9.13 Å². The van der Waals surface area contributed by atoms with Crippen molar-refractivity contribution in [2.75, 3.05) is 23.8 Å². The molecule has 2 atom stereocenters. The van der Waals surface area contributed by atoms with Crippen LogP contribution in [0.5, 0.6) is 0 Å². The summed E-state index contributed by atoms with van der Waals surface area (Å²) in [6.07, 6.45) is 1.52. The first kappa shape index (κ1) is 43.3. The Balaban J connectivity index is 0.000000159. The summed E-state index contributed by atoms with van der Waals surface area (Å²) in [6, 6.07) is 38.8. The van der Waals surface area contributed by atoms with Gasteiger partial charge in [0.05, 0.1) is 60.5 Å². The summed E-state index contributed by atoms with van der Waals surface area (Å²) in [5.41, 5.74) is 12.0. The number of tetrazole rings is 1. The number of aromatic amines is 1. The molecule has 0 aliphatic carbocycles. The van der Waals surface area contributed by atoms with Gasteiger partial charge in [-0.05, 0) is 60.5 Å². The molecule has 0 amide bonds. The van der Waals surface area contributed by atoms with E-state index in [2.05, 4.69) is 103 Å². The molecule has 2 aliphatic rings. The molecule has 7 heterocycles. The average Bonchev–Trinajstić information content (AvgIpc) is 4.11. The maximum atomic E-state index is 9.47. The lowest BCUT2D eigenvalue weighted by molar-refractivity contribution is 0.109. The molecule has 2 aliphatic heterocycles. The zero-order chi connectivity index (χ0) is 44.7. The number of benzene rings is 4. The second kappa shape index (κ2) is 19.8. The second-order valence-corrected chi connectivity index (χ2v) is 15.4. The fraction of sp³-hybridized carbons (Fsp3) is 0.208. The summed E-state index contributed by atoms with van der Waals surface area (Å²) in [5.74, 6) is 3.44. The van der Waals surface area contributed by atoms with E-state index in [0.717, 1.165) is 85.7 Å². The third-order valence-electron chi connectivity index (χ3n) is 11.4. The van der Waals surface area contributed by atoms with Gasteiger partial charge in [-0.2, -0.15) is 20.4 Å². The number of aromatic nitrogens is 10. The number of nitrogens with one attached hydrogen (secondary N) is 3. The molecule has 4 aromatic carbocycles. The van der Waals surface area contributed by atoms with Gasteiger partial charge in [0.25, 0.3) is 0 Å². The molecule has 65 heavy (non-hydrogen) atoms. The number of H-pyrrole nitrogens is 1. The van der Waals surface area contributed by atoms with Crippen LogP contribution in [0, 0.1) is 25.2 Å². The monoisotopic (exact) mass is 899 g/mol. The van der Waals surface area contributed by atoms with Gasteiger partial charge < -0.3 is 20.1 Å². The minimum Gasteiger partial charge on any atom is -0.376 e. The number of nitriles is 1. The molecule has 5 aromatic heterocycles. The van der Waals surface area contributed by atoms with E-state index in [9.17, 15) is 5.26 Å². The molecule has 326 valence electrons. The number of nitrogens with zero attached hydrogens (tertiary/aromatic N) is 10. The SMILES string of the molecule is Cc1cc2c(-c3nn[nH]n3)cccc2n1-c1nc2c(c(NCc3ccccc3)n1)COCC2.Cc1cc2c(C#N)cccc2n1-c1nc2c(c(NCc3ccccc3)n1)COCC2.PP. The van der Waals surface area contributed by atoms with Crippen molar-refractivity contribution in [1.29, 1.82) is 5.26 Å². The number of fused-ring (bicyclic) bond motifs is 4. The molecule has 0 spiro atoms. The molecule has 0 saturated heterocycles. The maximum absolute atomic E-state index is 9.47. The van der Waals surface area contributed by atoms with Crippen molar-refractivity contribution < 1.29 is 9.47 Å². The highest BCUT2D eigenvalue weighted by atomic mass is 32.0. The fourth-order valence-corrected chi connectivity index (χ4v) is 8.32. The van der Waals surface area contributed by atoms with Crippen LogP contribution in [0.25, 0.3) is 45.1 Å². The highest BCUT2D eigenvalue weighted by molar-refractivity contribution is 7.92. The Morgan fingerprint density at radius 1 is 0.662 bits per heavy atom. The van der Waals surface area contributed by atoms with Crippen molar-refractivity contribution in [2.45, 2.75) is 53.0 Å². The number of ether oxygens (including phenoxy) is 2. The average molecular weight is 900 g/mol. The lowest BCUT2D eigenvalue weighted by Crippen LogP contribution is -2.19. The Labute approximate surface area is 380 Å². The van der Waals surface area contributed by atoms with E-state index in [1.54, 1.807) is 0 Å². The molecular formula is C48H47N13O2P2. The van der Waals surface area contributed by atoms with Crippen molar-refractivity contribution in [3.05, 3.63) is 160 Å². The molecule has 0 saturated carbocycles. The molecule has 2 unspecified atom stereocenters. The van der Waals surface area contributed by atoms with Crippen LogP contribution in [0.15, 0.2) is 109 Å². The van der Waals surface area contributed by atoms with E-state index in [4.69, 9.17) is 29.4 Å². The largest absolute Gasteiger partial charge is 0.376 e. The molecule has 0 radical (unpaired) electrons. The van der Waals surface area contributed by atoms with Crippen molar-refractivity contribution in [3.8, 4) is 29.4 Å². The predicted molar refractivity (Wildman–Crippen MR) is 259 cm³/mol. The first-order valence-electron chi connectivity index (χ1n) is 21.2. The smallest absolute Gasteiger partial charge is 0.236 e. The van der Waals surface area contributed by atoms with Crippen LogP contribution < -0.4 is 10.6 Å². The van der Waals surface area contributed by atoms with Gasteiger partial charge in [0.2, 0.25) is 17.7 Å². The molecule has 17 heteroatoms. The van der Waals surface area contributed by atoms with Gasteiger partial charge in [0.1, 0.15) is 11.6 Å². The molecule has 0 fully saturated rings. The number of aryl methyl sites for hydroxylation is 2. The second-order valence-electron chi connectivity index (χ2n) is 15.4. The number of hydrogen-bond donors (Lipinski definition) is 3. The normalized spacial score (nSPS) is 12.8. The Bertz CT molecular complexity index is 3130. The highest BCUT2D eigenvalue weighted by Crippen LogP contribution is 2.33. The van der Waals surface area contributed by atoms with Gasteiger partial charge >= 0.3 is 0 Å². The van der Waals surface area contributed by atoms with Gasteiger partial charge in [-0.1, -0.05) is 78.9 Å². The van der Waals surface area contributed by atoms with Crippen LogP contribution in [0.2, 0.25) is 0 Å². The van der Waals surface area contributed by atoms with Crippen molar-refractivity contribution in [2.24, 2.45) is 0 Å². The lowest BCUT2D eigenvalue weighted by Gasteiger charge is -2.21. The quantitative estimate of drug-likeness (QED) is 0.118. The van der Waals surface area contributed by atoms with E-state index in [0.29, 0.717) is 62.8 Å².